The third kappa shape index (κ3) is 6.02. The van der Waals surface area contributed by atoms with Crippen molar-refractivity contribution in [2.75, 3.05) is 19.0 Å². The number of aryl methyl sites for hydroxylation is 2. The fraction of sp³-hybridized carbons (Fsp3) is 0.167. The van der Waals surface area contributed by atoms with Crippen LogP contribution >= 0.6 is 11.8 Å². The third-order valence-electron chi connectivity index (χ3n) is 4.62. The maximum atomic E-state index is 12.6. The molecule has 0 saturated carbocycles. The van der Waals surface area contributed by atoms with Crippen molar-refractivity contribution in [2.45, 2.75) is 23.6 Å². The number of hydrogen-bond donors (Lipinski definition) is 2. The Hall–Kier alpha value is -3.45. The highest BCUT2D eigenvalue weighted by Crippen LogP contribution is 2.31. The molecule has 0 aliphatic heterocycles. The lowest BCUT2D eigenvalue weighted by Gasteiger charge is -2.12. The van der Waals surface area contributed by atoms with E-state index in [-0.39, 0.29) is 12.5 Å². The maximum absolute atomic E-state index is 12.6. The average molecular weight is 437 g/mol. The summed E-state index contributed by atoms with van der Waals surface area (Å²) in [5.41, 5.74) is 8.70. The van der Waals surface area contributed by atoms with Crippen molar-refractivity contribution in [3.63, 3.8) is 0 Å². The quantitative estimate of drug-likeness (QED) is 0.539. The van der Waals surface area contributed by atoms with E-state index in [4.69, 9.17) is 15.2 Å². The van der Waals surface area contributed by atoms with Gasteiger partial charge in [0.05, 0.1) is 7.11 Å². The Morgan fingerprint density at radius 2 is 1.61 bits per heavy atom. The van der Waals surface area contributed by atoms with Crippen molar-refractivity contribution in [1.29, 1.82) is 0 Å². The van der Waals surface area contributed by atoms with E-state index in [0.29, 0.717) is 22.7 Å². The van der Waals surface area contributed by atoms with Crippen molar-refractivity contribution < 1.29 is 19.1 Å². The highest BCUT2D eigenvalue weighted by atomic mass is 32.2. The first-order valence-corrected chi connectivity index (χ1v) is 10.4. The average Bonchev–Trinajstić information content (AvgIpc) is 2.76. The van der Waals surface area contributed by atoms with Crippen molar-refractivity contribution in [3.05, 3.63) is 77.4 Å². The van der Waals surface area contributed by atoms with Crippen LogP contribution in [0.5, 0.6) is 11.5 Å². The van der Waals surface area contributed by atoms with Gasteiger partial charge in [-0.25, -0.2) is 0 Å². The predicted molar refractivity (Wildman–Crippen MR) is 122 cm³/mol. The van der Waals surface area contributed by atoms with Gasteiger partial charge in [-0.15, -0.1) is 0 Å². The molecule has 3 aromatic carbocycles. The summed E-state index contributed by atoms with van der Waals surface area (Å²) in [6.45, 7) is 3.93. The van der Waals surface area contributed by atoms with E-state index in [1.54, 1.807) is 30.0 Å². The number of ether oxygens (including phenoxy) is 2. The number of rotatable bonds is 8. The smallest absolute Gasteiger partial charge is 0.255 e. The number of amides is 2. The van der Waals surface area contributed by atoms with Gasteiger partial charge in [0, 0.05) is 21.0 Å². The number of nitrogens with two attached hydrogens (primary N) is 1. The molecule has 3 rings (SSSR count). The Kier molecular flexibility index (Phi) is 7.20. The van der Waals surface area contributed by atoms with E-state index in [9.17, 15) is 9.59 Å². The second-order valence-corrected chi connectivity index (χ2v) is 8.09. The Labute approximate surface area is 185 Å². The molecule has 0 atom stereocenters. The van der Waals surface area contributed by atoms with Crippen LogP contribution in [0.2, 0.25) is 0 Å². The number of hydrogen-bond acceptors (Lipinski definition) is 5. The molecule has 160 valence electrons. The highest BCUT2D eigenvalue weighted by molar-refractivity contribution is 7.99. The van der Waals surface area contributed by atoms with Crippen LogP contribution in [0.4, 0.5) is 5.69 Å². The minimum Gasteiger partial charge on any atom is -0.493 e. The molecule has 7 heteroatoms. The summed E-state index contributed by atoms with van der Waals surface area (Å²) >= 11 is 1.67. The molecule has 0 aromatic heterocycles. The van der Waals surface area contributed by atoms with Crippen molar-refractivity contribution in [1.82, 2.24) is 0 Å². The summed E-state index contributed by atoms with van der Waals surface area (Å²) < 4.78 is 10.5. The van der Waals surface area contributed by atoms with Crippen molar-refractivity contribution >= 4 is 29.3 Å². The zero-order valence-corrected chi connectivity index (χ0v) is 18.4. The zero-order chi connectivity index (χ0) is 22.4. The number of nitrogens with one attached hydrogen (secondary N) is 1. The maximum Gasteiger partial charge on any atom is 0.255 e. The monoisotopic (exact) mass is 436 g/mol. The normalized spacial score (nSPS) is 10.4. The van der Waals surface area contributed by atoms with Crippen molar-refractivity contribution in [2.24, 2.45) is 5.73 Å². The lowest BCUT2D eigenvalue weighted by Crippen LogP contribution is -2.20. The summed E-state index contributed by atoms with van der Waals surface area (Å²) in [5.74, 6) is -0.197. The highest BCUT2D eigenvalue weighted by Gasteiger charge is 2.12. The van der Waals surface area contributed by atoms with E-state index in [0.717, 1.165) is 4.90 Å². The molecule has 3 N–H and O–H groups in total. The number of methoxy groups -OCH3 is 1. The second-order valence-electron chi connectivity index (χ2n) is 6.95. The molecule has 2 amide bonds. The Morgan fingerprint density at radius 3 is 2.26 bits per heavy atom. The van der Waals surface area contributed by atoms with Gasteiger partial charge in [0.1, 0.15) is 0 Å². The molecule has 0 fully saturated rings. The summed E-state index contributed by atoms with van der Waals surface area (Å²) in [7, 11) is 1.46. The molecule has 0 saturated heterocycles. The fourth-order valence-electron chi connectivity index (χ4n) is 2.80. The van der Waals surface area contributed by atoms with Crippen LogP contribution in [0.15, 0.2) is 70.5 Å². The van der Waals surface area contributed by atoms with Crippen LogP contribution in [-0.2, 0) is 4.79 Å². The van der Waals surface area contributed by atoms with Gasteiger partial charge in [-0.2, -0.15) is 0 Å². The topological polar surface area (TPSA) is 90.7 Å². The van der Waals surface area contributed by atoms with Gasteiger partial charge in [-0.1, -0.05) is 17.8 Å². The number of benzene rings is 3. The SMILES string of the molecule is COc1cc(C(=O)Nc2ccc(Sc3ccc(C)c(C)c3)cc2)ccc1OCC(N)=O. The molecule has 0 radical (unpaired) electrons. The molecule has 0 bridgehead atoms. The van der Waals surface area contributed by atoms with Gasteiger partial charge >= 0.3 is 0 Å². The number of anilines is 1. The first-order valence-electron chi connectivity index (χ1n) is 9.61. The lowest BCUT2D eigenvalue weighted by atomic mass is 10.1. The van der Waals surface area contributed by atoms with Gasteiger partial charge in [0.15, 0.2) is 18.1 Å². The van der Waals surface area contributed by atoms with E-state index >= 15 is 0 Å². The molecule has 6 nitrogen and oxygen atoms in total. The Morgan fingerprint density at radius 1 is 0.903 bits per heavy atom. The van der Waals surface area contributed by atoms with E-state index < -0.39 is 5.91 Å². The summed E-state index contributed by atoms with van der Waals surface area (Å²) in [4.78, 5) is 25.8. The molecule has 0 aliphatic rings. The third-order valence-corrected chi connectivity index (χ3v) is 5.62. The number of primary amides is 1. The minimum atomic E-state index is -0.594. The van der Waals surface area contributed by atoms with E-state index in [1.807, 2.05) is 24.3 Å². The Balaban J connectivity index is 1.66. The van der Waals surface area contributed by atoms with Gasteiger partial charge < -0.3 is 20.5 Å². The van der Waals surface area contributed by atoms with Gasteiger partial charge in [-0.3, -0.25) is 9.59 Å². The van der Waals surface area contributed by atoms with Crippen LogP contribution in [0.25, 0.3) is 0 Å². The van der Waals surface area contributed by atoms with Gasteiger partial charge in [0.25, 0.3) is 11.8 Å². The molecule has 0 aliphatic carbocycles. The lowest BCUT2D eigenvalue weighted by molar-refractivity contribution is -0.119. The van der Waals surface area contributed by atoms with Crippen molar-refractivity contribution in [3.8, 4) is 11.5 Å². The van der Waals surface area contributed by atoms with Gasteiger partial charge in [-0.05, 0) is 79.6 Å². The first-order chi connectivity index (χ1) is 14.9. The largest absolute Gasteiger partial charge is 0.493 e. The summed E-state index contributed by atoms with van der Waals surface area (Å²) in [6, 6.07) is 18.8. The number of carbonyl (C=O) groups is 2. The molecule has 0 heterocycles. The summed E-state index contributed by atoms with van der Waals surface area (Å²) in [5, 5.41) is 2.87. The standard InChI is InChI=1S/C24H24N2O4S/c1-15-4-8-20(12-16(15)2)31-19-9-6-18(7-10-19)26-24(28)17-5-11-21(22(13-17)29-3)30-14-23(25)27/h4-13H,14H2,1-3H3,(H2,25,27)(H,26,28). The van der Waals surface area contributed by atoms with Crippen LogP contribution in [0.3, 0.4) is 0 Å². The van der Waals surface area contributed by atoms with Crippen LogP contribution < -0.4 is 20.5 Å². The molecule has 3 aromatic rings. The van der Waals surface area contributed by atoms with E-state index in [1.165, 1.54) is 23.1 Å². The summed E-state index contributed by atoms with van der Waals surface area (Å²) in [6.07, 6.45) is 0. The predicted octanol–water partition coefficient (Wildman–Crippen LogP) is 4.58. The molecule has 0 unspecified atom stereocenters. The van der Waals surface area contributed by atoms with Crippen LogP contribution in [0.1, 0.15) is 21.5 Å². The van der Waals surface area contributed by atoms with Crippen LogP contribution in [0, 0.1) is 13.8 Å². The second kappa shape index (κ2) is 10.0. The molecular weight excluding hydrogens is 412 g/mol. The molecule has 31 heavy (non-hydrogen) atoms. The van der Waals surface area contributed by atoms with E-state index in [2.05, 4.69) is 37.4 Å². The van der Waals surface area contributed by atoms with Crippen LogP contribution in [-0.4, -0.2) is 25.5 Å². The fourth-order valence-corrected chi connectivity index (χ4v) is 3.72. The molecular formula is C24H24N2O4S. The van der Waals surface area contributed by atoms with Gasteiger partial charge in [0.2, 0.25) is 0 Å². The minimum absolute atomic E-state index is 0.269. The zero-order valence-electron chi connectivity index (χ0n) is 17.6. The Bertz CT molecular complexity index is 1100. The molecule has 0 spiro atoms. The first kappa shape index (κ1) is 22.2. The number of carbonyl (C=O) groups excluding carboxylic acids is 2.